The molecule has 0 aromatic rings. The number of rotatable bonds is 0. The van der Waals surface area contributed by atoms with Gasteiger partial charge in [-0.15, -0.1) is 0 Å². The van der Waals surface area contributed by atoms with Crippen molar-refractivity contribution in [2.45, 2.75) is 37.8 Å². The Kier molecular flexibility index (Phi) is 1.42. The van der Waals surface area contributed by atoms with E-state index in [-0.39, 0.29) is 6.10 Å². The summed E-state index contributed by atoms with van der Waals surface area (Å²) in [6.07, 6.45) is 6.33. The Balaban J connectivity index is 2.15. The van der Waals surface area contributed by atoms with Crippen LogP contribution in [-0.2, 0) is 0 Å². The van der Waals surface area contributed by atoms with Crippen LogP contribution in [0.15, 0.2) is 11.8 Å². The molecule has 2 nitrogen and oxygen atoms in total. The van der Waals surface area contributed by atoms with Crippen LogP contribution < -0.4 is 5.32 Å². The van der Waals surface area contributed by atoms with Gasteiger partial charge in [0.15, 0.2) is 0 Å². The van der Waals surface area contributed by atoms with Gasteiger partial charge in [0, 0.05) is 11.7 Å². The van der Waals surface area contributed by atoms with Crippen molar-refractivity contribution in [1.82, 2.24) is 5.32 Å². The molecule has 2 unspecified atom stereocenters. The largest absolute Gasteiger partial charge is 0.389 e. The number of piperidine rings is 1. The van der Waals surface area contributed by atoms with Crippen molar-refractivity contribution in [3.63, 3.8) is 0 Å². The SMILES string of the molecule is OC1C=C2CCCC(C1)N2. The van der Waals surface area contributed by atoms with E-state index in [0.717, 1.165) is 12.8 Å². The van der Waals surface area contributed by atoms with Gasteiger partial charge in [0.2, 0.25) is 0 Å². The highest BCUT2D eigenvalue weighted by atomic mass is 16.3. The standard InChI is InChI=1S/C8H13NO/c10-8-4-6-2-1-3-7(5-8)9-6/h4,7-10H,1-3,5H2. The molecule has 2 rings (SSSR count). The van der Waals surface area contributed by atoms with Crippen LogP contribution in [0.1, 0.15) is 25.7 Å². The highest BCUT2D eigenvalue weighted by molar-refractivity contribution is 5.11. The van der Waals surface area contributed by atoms with E-state index in [1.54, 1.807) is 0 Å². The Labute approximate surface area is 60.9 Å². The lowest BCUT2D eigenvalue weighted by molar-refractivity contribution is 0.174. The number of nitrogens with one attached hydrogen (secondary N) is 1. The smallest absolute Gasteiger partial charge is 0.0759 e. The van der Waals surface area contributed by atoms with Crippen molar-refractivity contribution in [3.05, 3.63) is 11.8 Å². The van der Waals surface area contributed by atoms with E-state index in [4.69, 9.17) is 0 Å². The third-order valence-electron chi connectivity index (χ3n) is 2.31. The van der Waals surface area contributed by atoms with Crippen LogP contribution in [-0.4, -0.2) is 17.3 Å². The fraction of sp³-hybridized carbons (Fsp3) is 0.750. The van der Waals surface area contributed by atoms with Crippen molar-refractivity contribution in [2.75, 3.05) is 0 Å². The van der Waals surface area contributed by atoms with Gasteiger partial charge in [0.1, 0.15) is 0 Å². The molecule has 2 atom stereocenters. The van der Waals surface area contributed by atoms with Gasteiger partial charge in [-0.3, -0.25) is 0 Å². The summed E-state index contributed by atoms with van der Waals surface area (Å²) in [5.41, 5.74) is 1.26. The Morgan fingerprint density at radius 1 is 1.60 bits per heavy atom. The molecule has 0 saturated carbocycles. The van der Waals surface area contributed by atoms with Gasteiger partial charge >= 0.3 is 0 Å². The number of hydrogen-bond donors (Lipinski definition) is 2. The minimum atomic E-state index is -0.179. The van der Waals surface area contributed by atoms with Gasteiger partial charge in [-0.25, -0.2) is 0 Å². The maximum Gasteiger partial charge on any atom is 0.0759 e. The fourth-order valence-electron chi connectivity index (χ4n) is 1.85. The van der Waals surface area contributed by atoms with Crippen LogP contribution in [0.2, 0.25) is 0 Å². The first kappa shape index (κ1) is 6.23. The predicted octanol–water partition coefficient (Wildman–Crippen LogP) is 0.777. The molecule has 0 radical (unpaired) electrons. The number of aliphatic hydroxyl groups excluding tert-OH is 1. The molecule has 56 valence electrons. The van der Waals surface area contributed by atoms with E-state index in [2.05, 4.69) is 5.32 Å². The van der Waals surface area contributed by atoms with E-state index >= 15 is 0 Å². The van der Waals surface area contributed by atoms with Crippen molar-refractivity contribution in [1.29, 1.82) is 0 Å². The lowest BCUT2D eigenvalue weighted by Gasteiger charge is -2.32. The minimum absolute atomic E-state index is 0.179. The molecule has 10 heavy (non-hydrogen) atoms. The molecular weight excluding hydrogens is 126 g/mol. The van der Waals surface area contributed by atoms with Crippen LogP contribution >= 0.6 is 0 Å². The molecule has 0 aromatic heterocycles. The van der Waals surface area contributed by atoms with Crippen molar-refractivity contribution < 1.29 is 5.11 Å². The van der Waals surface area contributed by atoms with Gasteiger partial charge in [0.25, 0.3) is 0 Å². The maximum atomic E-state index is 9.30. The second-order valence-electron chi connectivity index (χ2n) is 3.23. The Morgan fingerprint density at radius 3 is 3.30 bits per heavy atom. The van der Waals surface area contributed by atoms with Crippen molar-refractivity contribution >= 4 is 0 Å². The molecule has 2 bridgehead atoms. The summed E-state index contributed by atoms with van der Waals surface area (Å²) < 4.78 is 0. The van der Waals surface area contributed by atoms with E-state index in [0.29, 0.717) is 6.04 Å². The minimum Gasteiger partial charge on any atom is -0.389 e. The quantitative estimate of drug-likeness (QED) is 0.519. The van der Waals surface area contributed by atoms with Crippen LogP contribution in [0, 0.1) is 0 Å². The van der Waals surface area contributed by atoms with Crippen LogP contribution in [0.3, 0.4) is 0 Å². The summed E-state index contributed by atoms with van der Waals surface area (Å²) in [7, 11) is 0. The lowest BCUT2D eigenvalue weighted by atomic mass is 9.92. The Morgan fingerprint density at radius 2 is 2.50 bits per heavy atom. The third kappa shape index (κ3) is 1.03. The van der Waals surface area contributed by atoms with Gasteiger partial charge in [-0.1, -0.05) is 0 Å². The first-order valence-electron chi connectivity index (χ1n) is 4.00. The summed E-state index contributed by atoms with van der Waals surface area (Å²) in [6.45, 7) is 0. The molecule has 2 heteroatoms. The first-order chi connectivity index (χ1) is 4.84. The third-order valence-corrected chi connectivity index (χ3v) is 2.31. The zero-order valence-electron chi connectivity index (χ0n) is 6.01. The average Bonchev–Trinajstić information content (AvgIpc) is 1.85. The van der Waals surface area contributed by atoms with E-state index in [1.807, 2.05) is 6.08 Å². The van der Waals surface area contributed by atoms with E-state index in [1.165, 1.54) is 18.5 Å². The molecule has 0 aromatic carbocycles. The fourth-order valence-corrected chi connectivity index (χ4v) is 1.85. The summed E-state index contributed by atoms with van der Waals surface area (Å²) in [4.78, 5) is 0. The molecule has 0 amide bonds. The van der Waals surface area contributed by atoms with Gasteiger partial charge in [-0.2, -0.15) is 0 Å². The van der Waals surface area contributed by atoms with Gasteiger partial charge in [0.05, 0.1) is 6.10 Å². The summed E-state index contributed by atoms with van der Waals surface area (Å²) >= 11 is 0. The van der Waals surface area contributed by atoms with Crippen molar-refractivity contribution in [3.8, 4) is 0 Å². The summed E-state index contributed by atoms with van der Waals surface area (Å²) in [5.74, 6) is 0. The highest BCUT2D eigenvalue weighted by Gasteiger charge is 2.22. The second-order valence-corrected chi connectivity index (χ2v) is 3.23. The highest BCUT2D eigenvalue weighted by Crippen LogP contribution is 2.23. The topological polar surface area (TPSA) is 32.3 Å². The normalized spacial score (nSPS) is 38.3. The Bertz CT molecular complexity index is 165. The molecule has 2 heterocycles. The zero-order chi connectivity index (χ0) is 6.97. The first-order valence-corrected chi connectivity index (χ1v) is 4.00. The van der Waals surface area contributed by atoms with Gasteiger partial charge < -0.3 is 10.4 Å². The zero-order valence-corrected chi connectivity index (χ0v) is 6.01. The monoisotopic (exact) mass is 139 g/mol. The van der Waals surface area contributed by atoms with Crippen molar-refractivity contribution in [2.24, 2.45) is 0 Å². The maximum absolute atomic E-state index is 9.30. The summed E-state index contributed by atoms with van der Waals surface area (Å²) in [5, 5.41) is 12.7. The number of allylic oxidation sites excluding steroid dienone is 1. The van der Waals surface area contributed by atoms with Gasteiger partial charge in [-0.05, 0) is 31.8 Å². The van der Waals surface area contributed by atoms with E-state index in [9.17, 15) is 5.11 Å². The van der Waals surface area contributed by atoms with Crippen LogP contribution in [0.4, 0.5) is 0 Å². The Hall–Kier alpha value is -0.500. The van der Waals surface area contributed by atoms with Crippen LogP contribution in [0.25, 0.3) is 0 Å². The molecule has 2 aliphatic rings. The van der Waals surface area contributed by atoms with Crippen LogP contribution in [0.5, 0.6) is 0 Å². The predicted molar refractivity (Wildman–Crippen MR) is 39.5 cm³/mol. The number of hydrogen-bond acceptors (Lipinski definition) is 2. The number of fused-ring (bicyclic) bond motifs is 2. The number of aliphatic hydroxyl groups is 1. The molecular formula is C8H13NO. The molecule has 0 spiro atoms. The van der Waals surface area contributed by atoms with E-state index < -0.39 is 0 Å². The average molecular weight is 139 g/mol. The summed E-state index contributed by atoms with van der Waals surface area (Å²) in [6, 6.07) is 0.559. The lowest BCUT2D eigenvalue weighted by Crippen LogP contribution is -2.39. The molecule has 0 aliphatic carbocycles. The molecule has 2 aliphatic heterocycles. The molecule has 2 N–H and O–H groups in total. The molecule has 1 fully saturated rings. The molecule has 1 saturated heterocycles. The second kappa shape index (κ2) is 2.27.